The van der Waals surface area contributed by atoms with Crippen molar-refractivity contribution >= 4 is 15.9 Å². The summed E-state index contributed by atoms with van der Waals surface area (Å²) in [5.74, 6) is 1.45. The van der Waals surface area contributed by atoms with Crippen LogP contribution in [0.25, 0.3) is 0 Å². The maximum absolute atomic E-state index is 5.61. The molecule has 2 nitrogen and oxygen atoms in total. The summed E-state index contributed by atoms with van der Waals surface area (Å²) >= 11 is 3.57. The molecule has 3 atom stereocenters. The van der Waals surface area contributed by atoms with Crippen LogP contribution in [0.15, 0.2) is 22.7 Å². The van der Waals surface area contributed by atoms with Crippen LogP contribution < -0.4 is 4.74 Å². The molecule has 100 valence electrons. The minimum Gasteiger partial charge on any atom is -0.493 e. The lowest BCUT2D eigenvalue weighted by molar-refractivity contribution is 0.337. The topological polar surface area (TPSA) is 21.8 Å². The first kappa shape index (κ1) is 13.9. The molecule has 1 aliphatic rings. The molecule has 0 spiro atoms. The van der Waals surface area contributed by atoms with Crippen molar-refractivity contribution in [3.8, 4) is 5.75 Å². The fourth-order valence-electron chi connectivity index (χ4n) is 2.33. The van der Waals surface area contributed by atoms with Crippen molar-refractivity contribution < 1.29 is 9.47 Å². The van der Waals surface area contributed by atoms with Crippen LogP contribution in [0, 0.1) is 0 Å². The molecule has 1 aliphatic heterocycles. The van der Waals surface area contributed by atoms with E-state index in [1.54, 1.807) is 0 Å². The predicted molar refractivity (Wildman–Crippen MR) is 77.3 cm³/mol. The van der Waals surface area contributed by atoms with Gasteiger partial charge in [0.05, 0.1) is 23.3 Å². The lowest BCUT2D eigenvalue weighted by Crippen LogP contribution is -2.01. The maximum atomic E-state index is 5.61. The van der Waals surface area contributed by atoms with Gasteiger partial charge in [0.15, 0.2) is 0 Å². The Morgan fingerprint density at radius 3 is 2.67 bits per heavy atom. The summed E-state index contributed by atoms with van der Waals surface area (Å²) in [7, 11) is 0. The van der Waals surface area contributed by atoms with Gasteiger partial charge in [0.25, 0.3) is 0 Å². The van der Waals surface area contributed by atoms with Crippen LogP contribution >= 0.6 is 15.9 Å². The highest BCUT2D eigenvalue weighted by Crippen LogP contribution is 2.36. The molecule has 0 radical (unpaired) electrons. The zero-order valence-electron chi connectivity index (χ0n) is 11.3. The average molecular weight is 313 g/mol. The number of epoxide rings is 1. The van der Waals surface area contributed by atoms with Crippen LogP contribution in [0.4, 0.5) is 0 Å². The fraction of sp³-hybridized carbons (Fsp3) is 0.600. The summed E-state index contributed by atoms with van der Waals surface area (Å²) in [4.78, 5) is 0. The maximum Gasteiger partial charge on any atom is 0.133 e. The normalized spacial score (nSPS) is 23.8. The summed E-state index contributed by atoms with van der Waals surface area (Å²) in [6.07, 6.45) is 3.21. The number of hydrogen-bond acceptors (Lipinski definition) is 2. The van der Waals surface area contributed by atoms with E-state index in [9.17, 15) is 0 Å². The van der Waals surface area contributed by atoms with E-state index in [0.717, 1.165) is 23.1 Å². The SMILES string of the molecule is CCOc1ccc(C(C)CC2OC2CC)cc1Br. The van der Waals surface area contributed by atoms with Gasteiger partial charge in [-0.25, -0.2) is 0 Å². The standard InChI is InChI=1S/C15H21BrO2/c1-4-13-15(18-13)8-10(3)11-6-7-14(17-5-2)12(16)9-11/h6-7,9-10,13,15H,4-5,8H2,1-3H3. The summed E-state index contributed by atoms with van der Waals surface area (Å²) in [5, 5.41) is 0. The third kappa shape index (κ3) is 3.27. The largest absolute Gasteiger partial charge is 0.493 e. The van der Waals surface area contributed by atoms with Crippen LogP contribution in [0.3, 0.4) is 0 Å². The van der Waals surface area contributed by atoms with E-state index in [1.165, 1.54) is 5.56 Å². The van der Waals surface area contributed by atoms with Crippen molar-refractivity contribution in [1.82, 2.24) is 0 Å². The van der Waals surface area contributed by atoms with Gasteiger partial charge < -0.3 is 9.47 Å². The third-order valence-electron chi connectivity index (χ3n) is 3.50. The monoisotopic (exact) mass is 312 g/mol. The number of hydrogen-bond donors (Lipinski definition) is 0. The Balaban J connectivity index is 1.98. The third-order valence-corrected chi connectivity index (χ3v) is 4.12. The Morgan fingerprint density at radius 2 is 2.11 bits per heavy atom. The van der Waals surface area contributed by atoms with Gasteiger partial charge in [-0.2, -0.15) is 0 Å². The van der Waals surface area contributed by atoms with Gasteiger partial charge in [-0.15, -0.1) is 0 Å². The van der Waals surface area contributed by atoms with E-state index >= 15 is 0 Å². The molecule has 0 amide bonds. The smallest absolute Gasteiger partial charge is 0.133 e. The Labute approximate surface area is 118 Å². The first-order valence-electron chi connectivity index (χ1n) is 6.73. The summed E-state index contributed by atoms with van der Waals surface area (Å²) in [6, 6.07) is 6.37. The molecule has 2 rings (SSSR count). The summed E-state index contributed by atoms with van der Waals surface area (Å²) < 4.78 is 12.2. The minimum atomic E-state index is 0.468. The fourth-order valence-corrected chi connectivity index (χ4v) is 2.84. The molecular formula is C15H21BrO2. The molecule has 3 heteroatoms. The lowest BCUT2D eigenvalue weighted by atomic mass is 9.95. The zero-order valence-corrected chi connectivity index (χ0v) is 12.9. The van der Waals surface area contributed by atoms with Crippen molar-refractivity contribution in [2.75, 3.05) is 6.61 Å². The summed E-state index contributed by atoms with van der Waals surface area (Å²) in [5.41, 5.74) is 1.34. The lowest BCUT2D eigenvalue weighted by Gasteiger charge is -2.13. The molecule has 1 fully saturated rings. The van der Waals surface area contributed by atoms with Gasteiger partial charge in [-0.05, 0) is 59.3 Å². The molecule has 0 aliphatic carbocycles. The average Bonchev–Trinajstić information content (AvgIpc) is 3.10. The molecule has 0 saturated carbocycles. The van der Waals surface area contributed by atoms with Crippen LogP contribution in [-0.2, 0) is 4.74 Å². The van der Waals surface area contributed by atoms with Crippen molar-refractivity contribution in [1.29, 1.82) is 0 Å². The molecule has 0 aromatic heterocycles. The quantitative estimate of drug-likeness (QED) is 0.720. The minimum absolute atomic E-state index is 0.468. The number of benzene rings is 1. The highest BCUT2D eigenvalue weighted by Gasteiger charge is 2.37. The second-order valence-corrected chi connectivity index (χ2v) is 5.74. The van der Waals surface area contributed by atoms with E-state index in [1.807, 2.05) is 13.0 Å². The highest BCUT2D eigenvalue weighted by molar-refractivity contribution is 9.10. The van der Waals surface area contributed by atoms with E-state index in [2.05, 4.69) is 41.9 Å². The van der Waals surface area contributed by atoms with Gasteiger partial charge in [-0.1, -0.05) is 19.9 Å². The second kappa shape index (κ2) is 6.07. The molecular weight excluding hydrogens is 292 g/mol. The van der Waals surface area contributed by atoms with Crippen LogP contribution in [0.2, 0.25) is 0 Å². The molecule has 18 heavy (non-hydrogen) atoms. The van der Waals surface area contributed by atoms with E-state index < -0.39 is 0 Å². The molecule has 1 saturated heterocycles. The van der Waals surface area contributed by atoms with Crippen molar-refractivity contribution in [2.45, 2.75) is 51.7 Å². The van der Waals surface area contributed by atoms with Crippen LogP contribution in [0.5, 0.6) is 5.75 Å². The van der Waals surface area contributed by atoms with E-state index in [0.29, 0.717) is 24.7 Å². The van der Waals surface area contributed by atoms with E-state index in [-0.39, 0.29) is 0 Å². The van der Waals surface area contributed by atoms with Gasteiger partial charge in [0.2, 0.25) is 0 Å². The highest BCUT2D eigenvalue weighted by atomic mass is 79.9. The Bertz CT molecular complexity index is 405. The van der Waals surface area contributed by atoms with Crippen molar-refractivity contribution in [3.05, 3.63) is 28.2 Å². The van der Waals surface area contributed by atoms with E-state index in [4.69, 9.17) is 9.47 Å². The van der Waals surface area contributed by atoms with Gasteiger partial charge in [0.1, 0.15) is 5.75 Å². The van der Waals surface area contributed by atoms with Crippen LogP contribution in [0.1, 0.15) is 45.1 Å². The number of halogens is 1. The number of rotatable bonds is 6. The molecule has 1 aromatic rings. The molecule has 1 heterocycles. The summed E-state index contributed by atoms with van der Waals surface area (Å²) in [6.45, 7) is 7.14. The number of ether oxygens (including phenoxy) is 2. The molecule has 1 aromatic carbocycles. The zero-order chi connectivity index (χ0) is 13.1. The molecule has 0 bridgehead atoms. The Kier molecular flexibility index (Phi) is 4.68. The predicted octanol–water partition coefficient (Wildman–Crippen LogP) is 4.52. The first-order chi connectivity index (χ1) is 8.65. The van der Waals surface area contributed by atoms with Gasteiger partial charge >= 0.3 is 0 Å². The molecule has 0 N–H and O–H groups in total. The Morgan fingerprint density at radius 1 is 1.33 bits per heavy atom. The van der Waals surface area contributed by atoms with Crippen molar-refractivity contribution in [3.63, 3.8) is 0 Å². The van der Waals surface area contributed by atoms with Gasteiger partial charge in [-0.3, -0.25) is 0 Å². The first-order valence-corrected chi connectivity index (χ1v) is 7.52. The van der Waals surface area contributed by atoms with Crippen molar-refractivity contribution in [2.24, 2.45) is 0 Å². The Hall–Kier alpha value is -0.540. The second-order valence-electron chi connectivity index (χ2n) is 4.88. The molecule has 3 unspecified atom stereocenters. The van der Waals surface area contributed by atoms with Gasteiger partial charge in [0, 0.05) is 0 Å². The van der Waals surface area contributed by atoms with Crippen LogP contribution in [-0.4, -0.2) is 18.8 Å².